The quantitative estimate of drug-likeness (QED) is 0.153. The Labute approximate surface area is 349 Å². The molecular weight excluding hydrogens is 727 g/mol. The second-order valence-corrected chi connectivity index (χ2v) is 15.3. The highest BCUT2D eigenvalue weighted by Gasteiger charge is 2.18. The first-order valence-electron chi connectivity index (χ1n) is 20.5. The summed E-state index contributed by atoms with van der Waals surface area (Å²) in [7, 11) is 0. The van der Waals surface area contributed by atoms with E-state index in [0.29, 0.717) is 0 Å². The van der Waals surface area contributed by atoms with Gasteiger partial charge in [0.1, 0.15) is 11.2 Å². The number of nitrogens with zero attached hydrogens (tertiary/aromatic N) is 1. The van der Waals surface area contributed by atoms with Crippen LogP contribution in [0.3, 0.4) is 0 Å². The molecule has 0 unspecified atom stereocenters. The molecule has 11 rings (SSSR count). The van der Waals surface area contributed by atoms with Gasteiger partial charge in [-0.1, -0.05) is 194 Å². The molecule has 2 nitrogen and oxygen atoms in total. The van der Waals surface area contributed by atoms with E-state index in [-0.39, 0.29) is 0 Å². The molecule has 0 aliphatic heterocycles. The maximum Gasteiger partial charge on any atom is 0.143 e. The molecule has 0 aliphatic rings. The van der Waals surface area contributed by atoms with Crippen molar-refractivity contribution in [3.05, 3.63) is 237 Å². The van der Waals surface area contributed by atoms with Crippen LogP contribution in [0.2, 0.25) is 0 Å². The van der Waals surface area contributed by atoms with E-state index in [4.69, 9.17) is 4.42 Å². The van der Waals surface area contributed by atoms with Crippen molar-refractivity contribution >= 4 is 49.8 Å². The molecule has 0 atom stereocenters. The molecule has 0 radical (unpaired) electrons. The fraction of sp³-hybridized carbons (Fsp3) is 0. The zero-order valence-electron chi connectivity index (χ0n) is 32.9. The molecule has 1 heterocycles. The van der Waals surface area contributed by atoms with E-state index in [1.54, 1.807) is 0 Å². The van der Waals surface area contributed by atoms with E-state index in [2.05, 4.69) is 235 Å². The highest BCUT2D eigenvalue weighted by molar-refractivity contribution is 6.13. The lowest BCUT2D eigenvalue weighted by Gasteiger charge is -2.26. The summed E-state index contributed by atoms with van der Waals surface area (Å²) in [4.78, 5) is 2.32. The van der Waals surface area contributed by atoms with Crippen LogP contribution in [0.25, 0.3) is 88.3 Å². The van der Waals surface area contributed by atoms with Gasteiger partial charge in [0.15, 0.2) is 0 Å². The van der Waals surface area contributed by atoms with Crippen molar-refractivity contribution in [2.24, 2.45) is 0 Å². The topological polar surface area (TPSA) is 16.4 Å². The lowest BCUT2D eigenvalue weighted by Crippen LogP contribution is -2.09. The third-order valence-electron chi connectivity index (χ3n) is 11.7. The minimum absolute atomic E-state index is 0.903. The minimum Gasteiger partial charge on any atom is -0.455 e. The van der Waals surface area contributed by atoms with Gasteiger partial charge in [0, 0.05) is 39.0 Å². The van der Waals surface area contributed by atoms with Crippen molar-refractivity contribution in [1.82, 2.24) is 0 Å². The van der Waals surface area contributed by atoms with Crippen molar-refractivity contribution in [3.63, 3.8) is 0 Å². The smallest absolute Gasteiger partial charge is 0.143 e. The second-order valence-electron chi connectivity index (χ2n) is 15.3. The van der Waals surface area contributed by atoms with Crippen LogP contribution in [0.4, 0.5) is 17.1 Å². The molecule has 0 saturated carbocycles. The molecule has 1 aromatic heterocycles. The molecule has 10 aromatic carbocycles. The summed E-state index contributed by atoms with van der Waals surface area (Å²) in [5.41, 5.74) is 16.7. The minimum atomic E-state index is 0.903. The Bertz CT molecular complexity index is 3270. The molecule has 0 saturated heterocycles. The van der Waals surface area contributed by atoms with Gasteiger partial charge in [0.25, 0.3) is 0 Å². The highest BCUT2D eigenvalue weighted by atomic mass is 16.3. The average molecular weight is 766 g/mol. The van der Waals surface area contributed by atoms with Gasteiger partial charge >= 0.3 is 0 Å². The van der Waals surface area contributed by atoms with Crippen LogP contribution in [0.15, 0.2) is 241 Å². The number of fused-ring (bicyclic) bond motifs is 4. The molecule has 0 N–H and O–H groups in total. The third-order valence-corrected chi connectivity index (χ3v) is 11.7. The molecule has 0 spiro atoms. The number of para-hydroxylation sites is 3. The fourth-order valence-electron chi connectivity index (χ4n) is 8.79. The summed E-state index contributed by atoms with van der Waals surface area (Å²) in [5.74, 6) is 0. The first-order valence-corrected chi connectivity index (χ1v) is 20.5. The third kappa shape index (κ3) is 6.32. The maximum atomic E-state index is 6.76. The van der Waals surface area contributed by atoms with Gasteiger partial charge in [-0.25, -0.2) is 0 Å². The molecule has 0 bridgehead atoms. The summed E-state index contributed by atoms with van der Waals surface area (Å²) < 4.78 is 6.76. The molecule has 11 aromatic rings. The average Bonchev–Trinajstić information content (AvgIpc) is 3.72. The highest BCUT2D eigenvalue weighted by Crippen LogP contribution is 2.43. The van der Waals surface area contributed by atoms with Gasteiger partial charge < -0.3 is 9.32 Å². The van der Waals surface area contributed by atoms with Crippen LogP contribution in [-0.4, -0.2) is 0 Å². The number of hydrogen-bond acceptors (Lipinski definition) is 2. The van der Waals surface area contributed by atoms with E-state index >= 15 is 0 Å². The van der Waals surface area contributed by atoms with Crippen molar-refractivity contribution in [1.29, 1.82) is 0 Å². The van der Waals surface area contributed by atoms with Crippen molar-refractivity contribution in [2.45, 2.75) is 0 Å². The van der Waals surface area contributed by atoms with Crippen molar-refractivity contribution < 1.29 is 4.42 Å². The van der Waals surface area contributed by atoms with E-state index < -0.39 is 0 Å². The Hall–Kier alpha value is -7.94. The van der Waals surface area contributed by atoms with Crippen LogP contribution in [0.1, 0.15) is 0 Å². The summed E-state index contributed by atoms with van der Waals surface area (Å²) in [6.45, 7) is 0. The van der Waals surface area contributed by atoms with E-state index in [1.807, 2.05) is 6.07 Å². The van der Waals surface area contributed by atoms with Crippen LogP contribution < -0.4 is 4.90 Å². The normalized spacial score (nSPS) is 11.3. The van der Waals surface area contributed by atoms with Crippen LogP contribution >= 0.6 is 0 Å². The molecule has 0 amide bonds. The Morgan fingerprint density at radius 3 is 1.32 bits per heavy atom. The number of hydrogen-bond donors (Lipinski definition) is 0. The molecule has 2 heteroatoms. The first-order chi connectivity index (χ1) is 29.8. The summed E-state index contributed by atoms with van der Waals surface area (Å²) >= 11 is 0. The zero-order chi connectivity index (χ0) is 39.8. The summed E-state index contributed by atoms with van der Waals surface area (Å²) in [6.07, 6.45) is 0. The maximum absolute atomic E-state index is 6.76. The van der Waals surface area contributed by atoms with Gasteiger partial charge in [-0.3, -0.25) is 0 Å². The van der Waals surface area contributed by atoms with E-state index in [0.717, 1.165) is 66.8 Å². The molecule has 0 aliphatic carbocycles. The second kappa shape index (κ2) is 15.1. The van der Waals surface area contributed by atoms with Crippen LogP contribution in [0.5, 0.6) is 0 Å². The van der Waals surface area contributed by atoms with Crippen molar-refractivity contribution in [2.75, 3.05) is 4.90 Å². The van der Waals surface area contributed by atoms with Crippen molar-refractivity contribution in [3.8, 4) is 55.6 Å². The molecule has 282 valence electrons. The summed E-state index contributed by atoms with van der Waals surface area (Å²) in [6, 6.07) is 84.6. The predicted molar refractivity (Wildman–Crippen MR) is 253 cm³/mol. The summed E-state index contributed by atoms with van der Waals surface area (Å²) in [5, 5.41) is 4.75. The first kappa shape index (κ1) is 35.2. The van der Waals surface area contributed by atoms with E-state index in [9.17, 15) is 0 Å². The van der Waals surface area contributed by atoms with Gasteiger partial charge in [0.05, 0.1) is 0 Å². The van der Waals surface area contributed by atoms with E-state index in [1.165, 1.54) is 38.6 Å². The van der Waals surface area contributed by atoms with Crippen LogP contribution in [-0.2, 0) is 0 Å². The molecular formula is C58H39NO. The molecule has 0 fully saturated rings. The van der Waals surface area contributed by atoms with Gasteiger partial charge in [-0.05, 0) is 97.7 Å². The number of rotatable bonds is 8. The predicted octanol–water partition coefficient (Wildman–Crippen LogP) is 16.5. The van der Waals surface area contributed by atoms with Gasteiger partial charge in [-0.15, -0.1) is 0 Å². The largest absolute Gasteiger partial charge is 0.455 e. The Morgan fingerprint density at radius 2 is 0.683 bits per heavy atom. The number of benzene rings is 10. The van der Waals surface area contributed by atoms with Crippen LogP contribution in [0, 0.1) is 0 Å². The SMILES string of the molecule is c1ccc(-c2cc(-c3ccc(N(c4ccccc4)c4ccc(-c5cccc6c5oc5c(-c7ccccc7)cccc56)cc4)cc3)ccc2-c2cccc3ccccc23)cc1. The van der Waals surface area contributed by atoms with Gasteiger partial charge in [0.2, 0.25) is 0 Å². The number of anilines is 3. The molecule has 60 heavy (non-hydrogen) atoms. The lowest BCUT2D eigenvalue weighted by molar-refractivity contribution is 0.671. The Morgan fingerprint density at radius 1 is 0.250 bits per heavy atom. The van der Waals surface area contributed by atoms with Gasteiger partial charge in [-0.2, -0.15) is 0 Å². The zero-order valence-corrected chi connectivity index (χ0v) is 32.9. The lowest BCUT2D eigenvalue weighted by atomic mass is 9.89. The monoisotopic (exact) mass is 765 g/mol. The number of furan rings is 1. The fourth-order valence-corrected chi connectivity index (χ4v) is 8.79. The Balaban J connectivity index is 0.954. The standard InChI is InChI=1S/C58H39NO/c1-4-15-42(16-5-1)50-24-13-27-54-55-28-14-25-51(58(55)60-57(50)54)44-31-36-48(37-32-44)59(46-21-8-3-9-22-46)47-34-29-40(30-35-47)45-33-38-53(56(39-45)43-17-6-2-7-18-43)52-26-12-20-41-19-10-11-23-49(41)52/h1-39H. The Kier molecular flexibility index (Phi) is 8.87.